The summed E-state index contributed by atoms with van der Waals surface area (Å²) >= 11 is 0. The summed E-state index contributed by atoms with van der Waals surface area (Å²) in [6.07, 6.45) is -0.636. The lowest BCUT2D eigenvalue weighted by Gasteiger charge is -2.10. The maximum absolute atomic E-state index is 12.4. The molecule has 10 heteroatoms. The van der Waals surface area contributed by atoms with Gasteiger partial charge >= 0.3 is 6.09 Å². The molecule has 0 fully saturated rings. The van der Waals surface area contributed by atoms with E-state index in [-0.39, 0.29) is 13.2 Å². The molecule has 0 bridgehead atoms. The Morgan fingerprint density at radius 1 is 1.03 bits per heavy atom. The van der Waals surface area contributed by atoms with Crippen molar-refractivity contribution in [1.82, 2.24) is 15.0 Å². The molecule has 0 saturated heterocycles. The minimum Gasteiger partial charge on any atom is -0.447 e. The monoisotopic (exact) mass is 397 g/mol. The molecule has 0 saturated carbocycles. The number of aromatic nitrogens is 3. The zero-order chi connectivity index (χ0) is 20.6. The molecule has 0 aliphatic rings. The highest BCUT2D eigenvalue weighted by molar-refractivity contribution is 5.92. The van der Waals surface area contributed by atoms with Crippen molar-refractivity contribution in [1.29, 1.82) is 0 Å². The fourth-order valence-electron chi connectivity index (χ4n) is 2.51. The van der Waals surface area contributed by atoms with Crippen molar-refractivity contribution in [2.75, 3.05) is 31.0 Å². The van der Waals surface area contributed by atoms with Crippen LogP contribution < -0.4 is 16.2 Å². The van der Waals surface area contributed by atoms with Gasteiger partial charge in [-0.2, -0.15) is 0 Å². The summed E-state index contributed by atoms with van der Waals surface area (Å²) < 4.78 is 10.7. The van der Waals surface area contributed by atoms with Crippen LogP contribution in [0.4, 0.5) is 16.2 Å². The SMILES string of the molecule is COCCOC(=O)Nc1cccc(NC(=O)Cn2nnc3ccccc3c2=O)c1. The van der Waals surface area contributed by atoms with E-state index in [1.165, 1.54) is 7.11 Å². The highest BCUT2D eigenvalue weighted by Crippen LogP contribution is 2.15. The van der Waals surface area contributed by atoms with Crippen molar-refractivity contribution >= 4 is 34.3 Å². The van der Waals surface area contributed by atoms with Crippen LogP contribution in [0.15, 0.2) is 53.3 Å². The van der Waals surface area contributed by atoms with E-state index in [2.05, 4.69) is 20.9 Å². The lowest BCUT2D eigenvalue weighted by Crippen LogP contribution is -2.30. The summed E-state index contributed by atoms with van der Waals surface area (Å²) in [5.74, 6) is -0.462. The first-order chi connectivity index (χ1) is 14.1. The minimum absolute atomic E-state index is 0.125. The van der Waals surface area contributed by atoms with Gasteiger partial charge in [0.1, 0.15) is 18.7 Å². The molecule has 150 valence electrons. The number of carbonyl (C=O) groups is 2. The Labute approximate surface area is 165 Å². The van der Waals surface area contributed by atoms with Crippen LogP contribution in [0.2, 0.25) is 0 Å². The Morgan fingerprint density at radius 2 is 1.79 bits per heavy atom. The van der Waals surface area contributed by atoms with Gasteiger partial charge in [0, 0.05) is 18.5 Å². The average molecular weight is 397 g/mol. The third kappa shape index (κ3) is 5.36. The third-order valence-corrected chi connectivity index (χ3v) is 3.84. The molecule has 0 aliphatic heterocycles. The van der Waals surface area contributed by atoms with E-state index < -0.39 is 17.6 Å². The quantitative estimate of drug-likeness (QED) is 0.581. The third-order valence-electron chi connectivity index (χ3n) is 3.84. The molecular formula is C19H19N5O5. The highest BCUT2D eigenvalue weighted by atomic mass is 16.6. The van der Waals surface area contributed by atoms with Gasteiger partial charge in [-0.25, -0.2) is 9.48 Å². The molecule has 2 N–H and O–H groups in total. The van der Waals surface area contributed by atoms with Crippen LogP contribution in [0.5, 0.6) is 0 Å². The molecule has 2 amide bonds. The second kappa shape index (κ2) is 9.42. The first-order valence-electron chi connectivity index (χ1n) is 8.72. The van der Waals surface area contributed by atoms with Gasteiger partial charge in [0.15, 0.2) is 0 Å². The summed E-state index contributed by atoms with van der Waals surface area (Å²) in [6, 6.07) is 13.3. The second-order valence-corrected chi connectivity index (χ2v) is 5.95. The minimum atomic E-state index is -0.636. The summed E-state index contributed by atoms with van der Waals surface area (Å²) in [5.41, 5.74) is 0.935. The van der Waals surface area contributed by atoms with Crippen LogP contribution in [-0.2, 0) is 20.8 Å². The number of nitrogens with one attached hydrogen (secondary N) is 2. The van der Waals surface area contributed by atoms with Crippen molar-refractivity contribution in [3.8, 4) is 0 Å². The Bertz CT molecular complexity index is 1080. The normalized spacial score (nSPS) is 10.5. The molecule has 1 heterocycles. The van der Waals surface area contributed by atoms with E-state index in [9.17, 15) is 14.4 Å². The van der Waals surface area contributed by atoms with Gasteiger partial charge < -0.3 is 14.8 Å². The highest BCUT2D eigenvalue weighted by Gasteiger charge is 2.10. The topological polar surface area (TPSA) is 124 Å². The van der Waals surface area contributed by atoms with E-state index in [4.69, 9.17) is 9.47 Å². The fourth-order valence-corrected chi connectivity index (χ4v) is 2.51. The van der Waals surface area contributed by atoms with Crippen LogP contribution in [-0.4, -0.2) is 47.3 Å². The molecule has 0 atom stereocenters. The van der Waals surface area contributed by atoms with Crippen LogP contribution in [0.3, 0.4) is 0 Å². The largest absolute Gasteiger partial charge is 0.447 e. The standard InChI is InChI=1S/C19H19N5O5/c1-28-9-10-29-19(27)21-14-6-4-5-13(11-14)20-17(25)12-24-18(26)15-7-2-3-8-16(15)22-23-24/h2-8,11H,9-10,12H2,1H3,(H,20,25)(H,21,27). The van der Waals surface area contributed by atoms with Gasteiger partial charge in [-0.3, -0.25) is 14.9 Å². The first kappa shape index (κ1) is 20.0. The number of hydrogen-bond acceptors (Lipinski definition) is 7. The van der Waals surface area contributed by atoms with E-state index in [1.54, 1.807) is 48.5 Å². The Kier molecular flexibility index (Phi) is 6.48. The maximum Gasteiger partial charge on any atom is 0.411 e. The number of nitrogens with zero attached hydrogens (tertiary/aromatic N) is 3. The fraction of sp³-hybridized carbons (Fsp3) is 0.211. The van der Waals surface area contributed by atoms with Crippen molar-refractivity contribution in [2.24, 2.45) is 0 Å². The van der Waals surface area contributed by atoms with E-state index in [0.717, 1.165) is 4.68 Å². The Morgan fingerprint density at radius 3 is 2.59 bits per heavy atom. The Hall–Kier alpha value is -3.79. The van der Waals surface area contributed by atoms with Crippen molar-refractivity contribution in [2.45, 2.75) is 6.54 Å². The smallest absolute Gasteiger partial charge is 0.411 e. The number of amides is 2. The molecule has 10 nitrogen and oxygen atoms in total. The number of fused-ring (bicyclic) bond motifs is 1. The molecule has 0 unspecified atom stereocenters. The number of hydrogen-bond donors (Lipinski definition) is 2. The van der Waals surface area contributed by atoms with E-state index in [1.807, 2.05) is 0 Å². The average Bonchev–Trinajstić information content (AvgIpc) is 2.71. The van der Waals surface area contributed by atoms with Gasteiger partial charge in [-0.1, -0.05) is 23.4 Å². The molecule has 3 rings (SSSR count). The number of rotatable bonds is 7. The molecule has 29 heavy (non-hydrogen) atoms. The molecule has 0 spiro atoms. The number of ether oxygens (including phenoxy) is 2. The Balaban J connectivity index is 1.63. The zero-order valence-electron chi connectivity index (χ0n) is 15.6. The van der Waals surface area contributed by atoms with Crippen molar-refractivity contribution in [3.63, 3.8) is 0 Å². The van der Waals surface area contributed by atoms with E-state index >= 15 is 0 Å². The van der Waals surface area contributed by atoms with Crippen molar-refractivity contribution in [3.05, 3.63) is 58.9 Å². The predicted molar refractivity (Wildman–Crippen MR) is 106 cm³/mol. The summed E-state index contributed by atoms with van der Waals surface area (Å²) in [7, 11) is 1.50. The number of carbonyl (C=O) groups excluding carboxylic acids is 2. The molecule has 2 aromatic carbocycles. The molecule has 0 aliphatic carbocycles. The number of benzene rings is 2. The van der Waals surface area contributed by atoms with Crippen LogP contribution >= 0.6 is 0 Å². The maximum atomic E-state index is 12.4. The summed E-state index contributed by atoms with van der Waals surface area (Å²) in [4.78, 5) is 36.4. The van der Waals surface area contributed by atoms with E-state index in [0.29, 0.717) is 28.9 Å². The predicted octanol–water partition coefficient (Wildman–Crippen LogP) is 1.63. The molecule has 0 radical (unpaired) electrons. The van der Waals surface area contributed by atoms with Crippen molar-refractivity contribution < 1.29 is 19.1 Å². The lowest BCUT2D eigenvalue weighted by molar-refractivity contribution is -0.117. The molecular weight excluding hydrogens is 378 g/mol. The lowest BCUT2D eigenvalue weighted by atomic mass is 10.2. The van der Waals surface area contributed by atoms with Gasteiger partial charge in [0.25, 0.3) is 5.56 Å². The zero-order valence-corrected chi connectivity index (χ0v) is 15.6. The number of anilines is 2. The molecule has 3 aromatic rings. The number of methoxy groups -OCH3 is 1. The van der Waals surface area contributed by atoms with Gasteiger partial charge in [-0.05, 0) is 30.3 Å². The van der Waals surface area contributed by atoms with Crippen LogP contribution in [0, 0.1) is 0 Å². The second-order valence-electron chi connectivity index (χ2n) is 5.95. The van der Waals surface area contributed by atoms with Gasteiger partial charge in [-0.15, -0.1) is 5.10 Å². The van der Waals surface area contributed by atoms with Gasteiger partial charge in [0.05, 0.1) is 12.0 Å². The summed E-state index contributed by atoms with van der Waals surface area (Å²) in [6.45, 7) is 0.119. The van der Waals surface area contributed by atoms with Crippen LogP contribution in [0.25, 0.3) is 10.9 Å². The van der Waals surface area contributed by atoms with Gasteiger partial charge in [0.2, 0.25) is 5.91 Å². The summed E-state index contributed by atoms with van der Waals surface area (Å²) in [5, 5.41) is 13.3. The van der Waals surface area contributed by atoms with Crippen LogP contribution in [0.1, 0.15) is 0 Å². The first-order valence-corrected chi connectivity index (χ1v) is 8.72. The molecule has 1 aromatic heterocycles.